The summed E-state index contributed by atoms with van der Waals surface area (Å²) >= 11 is 0. The van der Waals surface area contributed by atoms with Crippen molar-refractivity contribution in [3.8, 4) is 5.75 Å². The third-order valence-electron chi connectivity index (χ3n) is 6.21. The van der Waals surface area contributed by atoms with Gasteiger partial charge in [-0.25, -0.2) is 4.79 Å². The van der Waals surface area contributed by atoms with E-state index in [1.165, 1.54) is 12.7 Å². The first kappa shape index (κ1) is 25.7. The summed E-state index contributed by atoms with van der Waals surface area (Å²) in [5.74, 6) is -0.604. The SMILES string of the molecule is COc1cc(CC(=O)Nc2ccc3c(c2)CN(CC(=O)O)CC3)ccc1NC(=O)Nc1ccccc1C. The molecule has 3 aromatic rings. The lowest BCUT2D eigenvalue weighted by atomic mass is 9.99. The second kappa shape index (κ2) is 11.6. The van der Waals surface area contributed by atoms with Gasteiger partial charge in [0.1, 0.15) is 5.75 Å². The zero-order chi connectivity index (χ0) is 26.4. The number of methoxy groups -OCH3 is 1. The van der Waals surface area contributed by atoms with Crippen molar-refractivity contribution in [2.75, 3.05) is 36.1 Å². The van der Waals surface area contributed by atoms with Crippen LogP contribution in [0.3, 0.4) is 0 Å². The Bertz CT molecular complexity index is 1320. The molecule has 9 heteroatoms. The van der Waals surface area contributed by atoms with Crippen LogP contribution < -0.4 is 20.7 Å². The largest absolute Gasteiger partial charge is 0.495 e. The molecule has 0 fully saturated rings. The Morgan fingerprint density at radius 2 is 1.73 bits per heavy atom. The van der Waals surface area contributed by atoms with Crippen LogP contribution in [-0.2, 0) is 29.0 Å². The third kappa shape index (κ3) is 6.86. The van der Waals surface area contributed by atoms with E-state index in [9.17, 15) is 14.4 Å². The lowest BCUT2D eigenvalue weighted by molar-refractivity contribution is -0.138. The summed E-state index contributed by atoms with van der Waals surface area (Å²) in [6, 6.07) is 18.0. The van der Waals surface area contributed by atoms with Gasteiger partial charge in [-0.15, -0.1) is 0 Å². The first-order valence-corrected chi connectivity index (χ1v) is 12.0. The molecule has 4 N–H and O–H groups in total. The molecule has 0 bridgehead atoms. The molecule has 0 saturated carbocycles. The average Bonchev–Trinajstić information content (AvgIpc) is 2.85. The molecular formula is C28H30N4O5. The third-order valence-corrected chi connectivity index (χ3v) is 6.21. The summed E-state index contributed by atoms with van der Waals surface area (Å²) < 4.78 is 5.44. The van der Waals surface area contributed by atoms with Crippen LogP contribution in [0.4, 0.5) is 21.9 Å². The van der Waals surface area contributed by atoms with Crippen molar-refractivity contribution in [2.45, 2.75) is 26.3 Å². The predicted molar refractivity (Wildman–Crippen MR) is 142 cm³/mol. The van der Waals surface area contributed by atoms with Crippen molar-refractivity contribution in [3.63, 3.8) is 0 Å². The maximum Gasteiger partial charge on any atom is 0.323 e. The van der Waals surface area contributed by atoms with Crippen LogP contribution in [-0.4, -0.2) is 48.1 Å². The normalized spacial score (nSPS) is 12.8. The van der Waals surface area contributed by atoms with E-state index in [2.05, 4.69) is 16.0 Å². The van der Waals surface area contributed by atoms with Gasteiger partial charge < -0.3 is 25.8 Å². The van der Waals surface area contributed by atoms with Crippen LogP contribution in [0.25, 0.3) is 0 Å². The molecule has 0 radical (unpaired) electrons. The quantitative estimate of drug-likeness (QED) is 0.365. The topological polar surface area (TPSA) is 120 Å². The van der Waals surface area contributed by atoms with E-state index in [1.807, 2.05) is 54.3 Å². The van der Waals surface area contributed by atoms with E-state index in [-0.39, 0.29) is 18.9 Å². The number of anilines is 3. The molecule has 0 aliphatic carbocycles. The minimum Gasteiger partial charge on any atom is -0.495 e. The van der Waals surface area contributed by atoms with E-state index in [0.717, 1.165) is 23.1 Å². The van der Waals surface area contributed by atoms with Gasteiger partial charge in [0.05, 0.1) is 25.8 Å². The number of hydrogen-bond donors (Lipinski definition) is 4. The number of rotatable bonds is 8. The number of carbonyl (C=O) groups excluding carboxylic acids is 2. The Morgan fingerprint density at radius 3 is 2.49 bits per heavy atom. The molecule has 0 unspecified atom stereocenters. The van der Waals surface area contributed by atoms with E-state index >= 15 is 0 Å². The van der Waals surface area contributed by atoms with E-state index < -0.39 is 12.0 Å². The number of aliphatic carboxylic acids is 1. The molecule has 0 spiro atoms. The van der Waals surface area contributed by atoms with Gasteiger partial charge in [0.2, 0.25) is 5.91 Å². The van der Waals surface area contributed by atoms with Gasteiger partial charge in [-0.05, 0) is 65.9 Å². The number of carboxylic acid groups (broad SMARTS) is 1. The number of carboxylic acids is 1. The first-order valence-electron chi connectivity index (χ1n) is 12.0. The summed E-state index contributed by atoms with van der Waals surface area (Å²) in [5, 5.41) is 17.6. The molecule has 1 heterocycles. The number of hydrogen-bond acceptors (Lipinski definition) is 5. The summed E-state index contributed by atoms with van der Waals surface area (Å²) in [6.07, 6.45) is 0.897. The molecule has 0 saturated heterocycles. The molecule has 3 aromatic carbocycles. The van der Waals surface area contributed by atoms with Crippen LogP contribution in [0.2, 0.25) is 0 Å². The number of fused-ring (bicyclic) bond motifs is 1. The number of para-hydroxylation sites is 1. The van der Waals surface area contributed by atoms with Crippen molar-refractivity contribution in [1.29, 1.82) is 0 Å². The van der Waals surface area contributed by atoms with Gasteiger partial charge in [0.15, 0.2) is 0 Å². The fraction of sp³-hybridized carbons (Fsp3) is 0.250. The number of benzene rings is 3. The summed E-state index contributed by atoms with van der Waals surface area (Å²) in [4.78, 5) is 38.1. The number of carbonyl (C=O) groups is 3. The Kier molecular flexibility index (Phi) is 8.05. The van der Waals surface area contributed by atoms with Crippen molar-refractivity contribution in [1.82, 2.24) is 4.90 Å². The number of nitrogens with zero attached hydrogens (tertiary/aromatic N) is 1. The van der Waals surface area contributed by atoms with Gasteiger partial charge in [-0.2, -0.15) is 0 Å². The van der Waals surface area contributed by atoms with Crippen LogP contribution in [0.5, 0.6) is 5.75 Å². The summed E-state index contributed by atoms with van der Waals surface area (Å²) in [6.45, 7) is 3.14. The fourth-order valence-electron chi connectivity index (χ4n) is 4.35. The predicted octanol–water partition coefficient (Wildman–Crippen LogP) is 4.27. The Hall–Kier alpha value is -4.37. The molecule has 37 heavy (non-hydrogen) atoms. The zero-order valence-electron chi connectivity index (χ0n) is 20.8. The number of aryl methyl sites for hydroxylation is 1. The lowest BCUT2D eigenvalue weighted by Gasteiger charge is -2.27. The molecule has 0 atom stereocenters. The minimum absolute atomic E-state index is 0.00370. The number of ether oxygens (including phenoxy) is 1. The fourth-order valence-corrected chi connectivity index (χ4v) is 4.35. The van der Waals surface area contributed by atoms with Crippen LogP contribution in [0.15, 0.2) is 60.7 Å². The van der Waals surface area contributed by atoms with Crippen LogP contribution >= 0.6 is 0 Å². The first-order chi connectivity index (χ1) is 17.8. The number of urea groups is 1. The van der Waals surface area contributed by atoms with E-state index in [0.29, 0.717) is 35.9 Å². The molecular weight excluding hydrogens is 472 g/mol. The average molecular weight is 503 g/mol. The monoisotopic (exact) mass is 502 g/mol. The van der Waals surface area contributed by atoms with Gasteiger partial charge >= 0.3 is 12.0 Å². The molecule has 1 aliphatic heterocycles. The second-order valence-electron chi connectivity index (χ2n) is 8.99. The Morgan fingerprint density at radius 1 is 0.946 bits per heavy atom. The maximum atomic E-state index is 12.7. The molecule has 4 rings (SSSR count). The lowest BCUT2D eigenvalue weighted by Crippen LogP contribution is -2.34. The maximum absolute atomic E-state index is 12.7. The van der Waals surface area contributed by atoms with Gasteiger partial charge in [0, 0.05) is 24.5 Å². The zero-order valence-corrected chi connectivity index (χ0v) is 20.8. The summed E-state index contributed by atoms with van der Waals surface area (Å²) in [7, 11) is 1.50. The van der Waals surface area contributed by atoms with Gasteiger partial charge in [-0.1, -0.05) is 30.3 Å². The Labute approximate surface area is 215 Å². The highest BCUT2D eigenvalue weighted by atomic mass is 16.5. The molecule has 192 valence electrons. The van der Waals surface area contributed by atoms with Crippen molar-refractivity contribution in [2.24, 2.45) is 0 Å². The molecule has 0 aromatic heterocycles. The standard InChI is InChI=1S/C28H30N4O5/c1-18-5-3-4-6-23(18)30-28(36)31-24-10-7-19(13-25(24)37-2)14-26(33)29-22-9-8-20-11-12-32(17-27(34)35)16-21(20)15-22/h3-10,13,15H,11-12,14,16-17H2,1-2H3,(H,29,33)(H,34,35)(H2,30,31,36). The minimum atomic E-state index is -0.850. The van der Waals surface area contributed by atoms with E-state index in [4.69, 9.17) is 9.84 Å². The second-order valence-corrected chi connectivity index (χ2v) is 8.99. The van der Waals surface area contributed by atoms with E-state index in [1.54, 1.807) is 18.2 Å². The van der Waals surface area contributed by atoms with Gasteiger partial charge in [-0.3, -0.25) is 14.5 Å². The van der Waals surface area contributed by atoms with Crippen LogP contribution in [0.1, 0.15) is 22.3 Å². The Balaban J connectivity index is 1.37. The molecule has 9 nitrogen and oxygen atoms in total. The van der Waals surface area contributed by atoms with Crippen molar-refractivity contribution >= 4 is 35.0 Å². The van der Waals surface area contributed by atoms with Gasteiger partial charge in [0.25, 0.3) is 0 Å². The van der Waals surface area contributed by atoms with Crippen molar-refractivity contribution < 1.29 is 24.2 Å². The highest BCUT2D eigenvalue weighted by Crippen LogP contribution is 2.27. The number of amides is 3. The van der Waals surface area contributed by atoms with Crippen LogP contribution in [0, 0.1) is 6.92 Å². The highest BCUT2D eigenvalue weighted by molar-refractivity contribution is 6.01. The summed E-state index contributed by atoms with van der Waals surface area (Å²) in [5.41, 5.74) is 5.72. The molecule has 3 amide bonds. The smallest absolute Gasteiger partial charge is 0.323 e. The highest BCUT2D eigenvalue weighted by Gasteiger charge is 2.19. The molecule has 1 aliphatic rings. The van der Waals surface area contributed by atoms with Crippen molar-refractivity contribution in [3.05, 3.63) is 82.9 Å². The number of nitrogens with one attached hydrogen (secondary N) is 3.